The summed E-state index contributed by atoms with van der Waals surface area (Å²) < 4.78 is 6.58. The highest BCUT2D eigenvalue weighted by atomic mass is 79.9. The molecule has 14 heavy (non-hydrogen) atoms. The first kappa shape index (κ1) is 11.5. The highest BCUT2D eigenvalue weighted by molar-refractivity contribution is 9.11. The van der Waals surface area contributed by atoms with E-state index in [-0.39, 0.29) is 0 Å². The Morgan fingerprint density at radius 2 is 2.43 bits per heavy atom. The second-order valence-corrected chi connectivity index (χ2v) is 4.40. The van der Waals surface area contributed by atoms with E-state index in [2.05, 4.69) is 53.7 Å². The molecule has 0 spiro atoms. The van der Waals surface area contributed by atoms with Gasteiger partial charge < -0.3 is 10.1 Å². The Hall–Kier alpha value is -0.620. The molecule has 0 amide bonds. The quantitative estimate of drug-likeness (QED) is 0.925. The molecule has 0 saturated heterocycles. The Balaban J connectivity index is 2.74. The zero-order valence-electron chi connectivity index (χ0n) is 7.55. The third kappa shape index (κ3) is 3.26. The zero-order chi connectivity index (χ0) is 10.6. The molecule has 1 rings (SSSR count). The van der Waals surface area contributed by atoms with Gasteiger partial charge in [-0.05, 0) is 15.9 Å². The largest absolute Gasteiger partial charge is 0.480 e. The van der Waals surface area contributed by atoms with Crippen LogP contribution >= 0.6 is 31.9 Å². The van der Waals surface area contributed by atoms with E-state index in [0.29, 0.717) is 18.4 Å². The van der Waals surface area contributed by atoms with Crippen LogP contribution in [0, 0.1) is 0 Å². The van der Waals surface area contributed by atoms with Gasteiger partial charge in [0.15, 0.2) is 0 Å². The summed E-state index contributed by atoms with van der Waals surface area (Å²) in [6.45, 7) is 4.26. The molecule has 4 nitrogen and oxygen atoms in total. The van der Waals surface area contributed by atoms with Crippen LogP contribution in [0.5, 0.6) is 5.88 Å². The Kier molecular flexibility index (Phi) is 4.34. The van der Waals surface area contributed by atoms with Gasteiger partial charge in [-0.2, -0.15) is 4.98 Å². The first-order valence-corrected chi connectivity index (χ1v) is 5.35. The van der Waals surface area contributed by atoms with Gasteiger partial charge in [0.05, 0.1) is 17.8 Å². The Labute approximate surface area is 99.0 Å². The number of hydrogen-bond donors (Lipinski definition) is 1. The lowest BCUT2D eigenvalue weighted by Crippen LogP contribution is -2.05. The minimum Gasteiger partial charge on any atom is -0.480 e. The second kappa shape index (κ2) is 5.31. The third-order valence-corrected chi connectivity index (χ3v) is 2.17. The van der Waals surface area contributed by atoms with Gasteiger partial charge in [0, 0.05) is 11.0 Å². The molecule has 0 aliphatic carbocycles. The maximum atomic E-state index is 5.02. The maximum absolute atomic E-state index is 5.02. The number of hydrogen-bond acceptors (Lipinski definition) is 4. The van der Waals surface area contributed by atoms with Crippen LogP contribution in [0.2, 0.25) is 0 Å². The van der Waals surface area contributed by atoms with Gasteiger partial charge in [0.25, 0.3) is 0 Å². The average molecular weight is 323 g/mol. The molecule has 76 valence electrons. The lowest BCUT2D eigenvalue weighted by atomic mass is 10.6. The van der Waals surface area contributed by atoms with E-state index >= 15 is 0 Å². The van der Waals surface area contributed by atoms with Crippen molar-refractivity contribution in [2.24, 2.45) is 0 Å². The fourth-order valence-electron chi connectivity index (χ4n) is 0.755. The number of rotatable bonds is 4. The van der Waals surface area contributed by atoms with Crippen molar-refractivity contribution in [3.63, 3.8) is 0 Å². The first-order valence-electron chi connectivity index (χ1n) is 3.77. The standard InChI is InChI=1S/C8H9Br2N3O/c1-5(9)3-11-8-12-4-6(10)7(13-8)14-2/h4H,1,3H2,2H3,(H,11,12,13). The number of methoxy groups -OCH3 is 1. The molecular weight excluding hydrogens is 314 g/mol. The van der Waals surface area contributed by atoms with Crippen molar-refractivity contribution in [2.45, 2.75) is 0 Å². The van der Waals surface area contributed by atoms with E-state index in [1.807, 2.05) is 0 Å². The third-order valence-electron chi connectivity index (χ3n) is 1.34. The molecule has 0 atom stereocenters. The molecular formula is C8H9Br2N3O. The van der Waals surface area contributed by atoms with Gasteiger partial charge in [-0.1, -0.05) is 22.5 Å². The molecule has 0 saturated carbocycles. The molecule has 0 fully saturated rings. The van der Waals surface area contributed by atoms with E-state index in [9.17, 15) is 0 Å². The molecule has 0 radical (unpaired) electrons. The molecule has 0 unspecified atom stereocenters. The van der Waals surface area contributed by atoms with Crippen LogP contribution in [0.3, 0.4) is 0 Å². The predicted octanol–water partition coefficient (Wildman–Crippen LogP) is 2.57. The summed E-state index contributed by atoms with van der Waals surface area (Å²) in [7, 11) is 1.56. The number of nitrogens with one attached hydrogen (secondary N) is 1. The van der Waals surface area contributed by atoms with Crippen molar-refractivity contribution >= 4 is 37.8 Å². The van der Waals surface area contributed by atoms with E-state index in [4.69, 9.17) is 4.74 Å². The van der Waals surface area contributed by atoms with Crippen molar-refractivity contribution < 1.29 is 4.74 Å². The Bertz CT molecular complexity index is 343. The molecule has 0 bridgehead atoms. The second-order valence-electron chi connectivity index (χ2n) is 2.42. The summed E-state index contributed by atoms with van der Waals surface area (Å²) in [6.07, 6.45) is 1.63. The first-order chi connectivity index (χ1) is 6.63. The fraction of sp³-hybridized carbons (Fsp3) is 0.250. The van der Waals surface area contributed by atoms with Crippen LogP contribution in [-0.2, 0) is 0 Å². The van der Waals surface area contributed by atoms with Gasteiger partial charge >= 0.3 is 0 Å². The van der Waals surface area contributed by atoms with Gasteiger partial charge in [-0.15, -0.1) is 0 Å². The van der Waals surface area contributed by atoms with E-state index in [1.54, 1.807) is 13.3 Å². The van der Waals surface area contributed by atoms with Crippen LogP contribution in [0.1, 0.15) is 0 Å². The van der Waals surface area contributed by atoms with Crippen molar-refractivity contribution in [3.8, 4) is 5.88 Å². The van der Waals surface area contributed by atoms with Crippen LogP contribution in [-0.4, -0.2) is 23.6 Å². The number of nitrogens with zero attached hydrogens (tertiary/aromatic N) is 2. The Morgan fingerprint density at radius 1 is 1.71 bits per heavy atom. The van der Waals surface area contributed by atoms with Gasteiger partial charge in [-0.25, -0.2) is 4.98 Å². The molecule has 0 aliphatic heterocycles. The smallest absolute Gasteiger partial charge is 0.232 e. The number of ether oxygens (including phenoxy) is 1. The lowest BCUT2D eigenvalue weighted by molar-refractivity contribution is 0.394. The summed E-state index contributed by atoms with van der Waals surface area (Å²) in [5, 5.41) is 2.98. The van der Waals surface area contributed by atoms with Crippen LogP contribution in [0.25, 0.3) is 0 Å². The average Bonchev–Trinajstić information content (AvgIpc) is 2.16. The van der Waals surface area contributed by atoms with Crippen LogP contribution < -0.4 is 10.1 Å². The van der Waals surface area contributed by atoms with E-state index in [0.717, 1.165) is 8.96 Å². The van der Waals surface area contributed by atoms with Crippen LogP contribution in [0.15, 0.2) is 21.7 Å². The summed E-state index contributed by atoms with van der Waals surface area (Å²) in [5.74, 6) is 1.01. The maximum Gasteiger partial charge on any atom is 0.232 e. The number of aromatic nitrogens is 2. The number of halogens is 2. The highest BCUT2D eigenvalue weighted by Gasteiger charge is 2.04. The molecule has 6 heteroatoms. The summed E-state index contributed by atoms with van der Waals surface area (Å²) in [5.41, 5.74) is 0. The number of anilines is 1. The monoisotopic (exact) mass is 321 g/mol. The van der Waals surface area contributed by atoms with E-state index < -0.39 is 0 Å². The highest BCUT2D eigenvalue weighted by Crippen LogP contribution is 2.21. The fourth-order valence-corrected chi connectivity index (χ4v) is 1.25. The van der Waals surface area contributed by atoms with Gasteiger partial charge in [0.2, 0.25) is 11.8 Å². The lowest BCUT2D eigenvalue weighted by Gasteiger charge is -2.05. The van der Waals surface area contributed by atoms with Gasteiger partial charge in [0.1, 0.15) is 0 Å². The van der Waals surface area contributed by atoms with Crippen molar-refractivity contribution in [1.29, 1.82) is 0 Å². The summed E-state index contributed by atoms with van der Waals surface area (Å²) in [6, 6.07) is 0. The van der Waals surface area contributed by atoms with E-state index in [1.165, 1.54) is 0 Å². The van der Waals surface area contributed by atoms with Crippen LogP contribution in [0.4, 0.5) is 5.95 Å². The minimum atomic E-state index is 0.502. The molecule has 1 aromatic rings. The molecule has 1 aromatic heterocycles. The normalized spacial score (nSPS) is 9.64. The topological polar surface area (TPSA) is 47.0 Å². The van der Waals surface area contributed by atoms with Gasteiger partial charge in [-0.3, -0.25) is 0 Å². The minimum absolute atomic E-state index is 0.502. The molecule has 0 aliphatic rings. The predicted molar refractivity (Wildman–Crippen MR) is 62.8 cm³/mol. The van der Waals surface area contributed by atoms with Crippen molar-refractivity contribution in [3.05, 3.63) is 21.7 Å². The molecule has 1 heterocycles. The zero-order valence-corrected chi connectivity index (χ0v) is 10.7. The van der Waals surface area contributed by atoms with Crippen molar-refractivity contribution in [1.82, 2.24) is 9.97 Å². The summed E-state index contributed by atoms with van der Waals surface area (Å²) in [4.78, 5) is 8.16. The Morgan fingerprint density at radius 3 is 3.00 bits per heavy atom. The SMILES string of the molecule is C=C(Br)CNc1ncc(Br)c(OC)n1. The summed E-state index contributed by atoms with van der Waals surface area (Å²) >= 11 is 6.49. The molecule has 1 N–H and O–H groups in total. The molecule has 0 aromatic carbocycles. The van der Waals surface area contributed by atoms with Crippen molar-refractivity contribution in [2.75, 3.05) is 19.0 Å².